The fourth-order valence-electron chi connectivity index (χ4n) is 2.56. The predicted octanol–water partition coefficient (Wildman–Crippen LogP) is 4.88. The molecule has 0 atom stereocenters. The van der Waals surface area contributed by atoms with Crippen molar-refractivity contribution in [1.29, 1.82) is 0 Å². The number of para-hydroxylation sites is 1. The molecule has 132 valence electrons. The quantitative estimate of drug-likeness (QED) is 0.566. The second kappa shape index (κ2) is 8.81. The number of carbonyl (C=O) groups excluding carboxylic acids is 2. The Morgan fingerprint density at radius 1 is 1.08 bits per heavy atom. The molecule has 2 aromatic carbocycles. The SMILES string of the molecule is CCc1cccc(CC)c1NC(=O)CSc1ccc(C(C)=O)cc1F. The number of carbonyl (C=O) groups is 2. The monoisotopic (exact) mass is 359 g/mol. The molecule has 0 saturated carbocycles. The highest BCUT2D eigenvalue weighted by Gasteiger charge is 2.12. The van der Waals surface area contributed by atoms with Crippen molar-refractivity contribution >= 4 is 29.1 Å². The average molecular weight is 359 g/mol. The molecule has 2 rings (SSSR count). The molecule has 5 heteroatoms. The van der Waals surface area contributed by atoms with Crippen molar-refractivity contribution in [2.75, 3.05) is 11.1 Å². The fourth-order valence-corrected chi connectivity index (χ4v) is 3.28. The van der Waals surface area contributed by atoms with E-state index in [1.807, 2.05) is 32.0 Å². The van der Waals surface area contributed by atoms with Gasteiger partial charge in [-0.2, -0.15) is 0 Å². The van der Waals surface area contributed by atoms with Crippen LogP contribution in [-0.4, -0.2) is 17.4 Å². The highest BCUT2D eigenvalue weighted by atomic mass is 32.2. The van der Waals surface area contributed by atoms with Crippen molar-refractivity contribution < 1.29 is 14.0 Å². The zero-order valence-electron chi connectivity index (χ0n) is 14.7. The van der Waals surface area contributed by atoms with Crippen molar-refractivity contribution in [3.63, 3.8) is 0 Å². The number of thioether (sulfide) groups is 1. The summed E-state index contributed by atoms with van der Waals surface area (Å²) in [7, 11) is 0. The number of hydrogen-bond donors (Lipinski definition) is 1. The minimum Gasteiger partial charge on any atom is -0.325 e. The van der Waals surface area contributed by atoms with Gasteiger partial charge in [0.2, 0.25) is 5.91 Å². The van der Waals surface area contributed by atoms with E-state index in [9.17, 15) is 14.0 Å². The van der Waals surface area contributed by atoms with Gasteiger partial charge < -0.3 is 5.32 Å². The molecule has 1 N–H and O–H groups in total. The Labute approximate surface area is 152 Å². The van der Waals surface area contributed by atoms with E-state index < -0.39 is 5.82 Å². The molecule has 0 fully saturated rings. The maximum atomic E-state index is 14.0. The van der Waals surface area contributed by atoms with E-state index in [1.165, 1.54) is 13.0 Å². The number of benzene rings is 2. The summed E-state index contributed by atoms with van der Waals surface area (Å²) in [6.07, 6.45) is 1.66. The van der Waals surface area contributed by atoms with Crippen LogP contribution in [0.25, 0.3) is 0 Å². The second-order valence-electron chi connectivity index (χ2n) is 5.70. The summed E-state index contributed by atoms with van der Waals surface area (Å²) in [5, 5.41) is 2.96. The lowest BCUT2D eigenvalue weighted by Gasteiger charge is -2.14. The number of hydrogen-bond acceptors (Lipinski definition) is 3. The number of aryl methyl sites for hydroxylation is 2. The van der Waals surface area contributed by atoms with E-state index in [-0.39, 0.29) is 17.4 Å². The molecule has 3 nitrogen and oxygen atoms in total. The molecule has 2 aromatic rings. The van der Waals surface area contributed by atoms with Crippen molar-refractivity contribution in [2.45, 2.75) is 38.5 Å². The van der Waals surface area contributed by atoms with Gasteiger partial charge in [-0.1, -0.05) is 38.1 Å². The first-order chi connectivity index (χ1) is 12.0. The Kier molecular flexibility index (Phi) is 6.76. The summed E-state index contributed by atoms with van der Waals surface area (Å²) in [6, 6.07) is 10.3. The lowest BCUT2D eigenvalue weighted by Crippen LogP contribution is -2.16. The zero-order valence-corrected chi connectivity index (χ0v) is 15.5. The minimum absolute atomic E-state index is 0.109. The van der Waals surface area contributed by atoms with Gasteiger partial charge in [-0.05, 0) is 43.0 Å². The number of Topliss-reactive ketones (excluding diaryl/α,β-unsaturated/α-hetero) is 1. The van der Waals surface area contributed by atoms with Crippen LogP contribution in [0, 0.1) is 5.82 Å². The van der Waals surface area contributed by atoms with E-state index in [1.54, 1.807) is 12.1 Å². The predicted molar refractivity (Wildman–Crippen MR) is 101 cm³/mol. The van der Waals surface area contributed by atoms with Crippen LogP contribution in [0.15, 0.2) is 41.3 Å². The Morgan fingerprint density at radius 3 is 2.24 bits per heavy atom. The van der Waals surface area contributed by atoms with Gasteiger partial charge in [0.25, 0.3) is 0 Å². The van der Waals surface area contributed by atoms with Crippen molar-refractivity contribution in [3.05, 3.63) is 58.9 Å². The highest BCUT2D eigenvalue weighted by molar-refractivity contribution is 8.00. The molecular weight excluding hydrogens is 337 g/mol. The van der Waals surface area contributed by atoms with Gasteiger partial charge in [0.05, 0.1) is 5.75 Å². The van der Waals surface area contributed by atoms with Crippen molar-refractivity contribution in [3.8, 4) is 0 Å². The minimum atomic E-state index is -0.478. The lowest BCUT2D eigenvalue weighted by molar-refractivity contribution is -0.113. The number of halogens is 1. The maximum Gasteiger partial charge on any atom is 0.234 e. The van der Waals surface area contributed by atoms with Crippen LogP contribution in [0.3, 0.4) is 0 Å². The Bertz CT molecular complexity index is 767. The van der Waals surface area contributed by atoms with Gasteiger partial charge in [-0.3, -0.25) is 9.59 Å². The second-order valence-corrected chi connectivity index (χ2v) is 6.71. The van der Waals surface area contributed by atoms with E-state index >= 15 is 0 Å². The molecule has 0 aliphatic heterocycles. The molecule has 0 aliphatic rings. The zero-order chi connectivity index (χ0) is 18.4. The fraction of sp³-hybridized carbons (Fsp3) is 0.300. The third-order valence-corrected chi connectivity index (χ3v) is 5.01. The van der Waals surface area contributed by atoms with Crippen LogP contribution >= 0.6 is 11.8 Å². The van der Waals surface area contributed by atoms with Crippen LogP contribution in [-0.2, 0) is 17.6 Å². The number of amides is 1. The molecule has 0 aromatic heterocycles. The first-order valence-corrected chi connectivity index (χ1v) is 9.28. The summed E-state index contributed by atoms with van der Waals surface area (Å²) in [6.45, 7) is 5.49. The highest BCUT2D eigenvalue weighted by Crippen LogP contribution is 2.25. The summed E-state index contributed by atoms with van der Waals surface area (Å²) < 4.78 is 14.0. The molecule has 0 heterocycles. The third-order valence-electron chi connectivity index (χ3n) is 3.96. The molecule has 0 saturated heterocycles. The Hall–Kier alpha value is -2.14. The number of anilines is 1. The molecule has 25 heavy (non-hydrogen) atoms. The van der Waals surface area contributed by atoms with Gasteiger partial charge in [-0.25, -0.2) is 4.39 Å². The first kappa shape index (κ1) is 19.2. The topological polar surface area (TPSA) is 46.2 Å². The number of rotatable bonds is 7. The van der Waals surface area contributed by atoms with Gasteiger partial charge in [-0.15, -0.1) is 11.8 Å². The van der Waals surface area contributed by atoms with Crippen molar-refractivity contribution in [1.82, 2.24) is 0 Å². The van der Waals surface area contributed by atoms with Crippen LogP contribution in [0.4, 0.5) is 10.1 Å². The van der Waals surface area contributed by atoms with E-state index in [0.29, 0.717) is 10.5 Å². The van der Waals surface area contributed by atoms with Gasteiger partial charge >= 0.3 is 0 Å². The normalized spacial score (nSPS) is 10.6. The van der Waals surface area contributed by atoms with Gasteiger partial charge in [0.15, 0.2) is 5.78 Å². The standard InChI is InChI=1S/C20H22FNO2S/c1-4-14-7-6-8-15(5-2)20(14)22-19(24)12-25-18-10-9-16(13(3)23)11-17(18)21/h6-11H,4-5,12H2,1-3H3,(H,22,24). The number of nitrogens with one attached hydrogen (secondary N) is 1. The smallest absolute Gasteiger partial charge is 0.234 e. The molecule has 0 radical (unpaired) electrons. The van der Waals surface area contributed by atoms with Crippen LogP contribution in [0.1, 0.15) is 42.3 Å². The molecular formula is C20H22FNO2S. The maximum absolute atomic E-state index is 14.0. The Morgan fingerprint density at radius 2 is 1.72 bits per heavy atom. The summed E-state index contributed by atoms with van der Waals surface area (Å²) in [5.74, 6) is -0.724. The summed E-state index contributed by atoms with van der Waals surface area (Å²) >= 11 is 1.12. The van der Waals surface area contributed by atoms with E-state index in [2.05, 4.69) is 5.32 Å². The van der Waals surface area contributed by atoms with E-state index in [0.717, 1.165) is 41.4 Å². The van der Waals surface area contributed by atoms with Gasteiger partial charge in [0.1, 0.15) is 5.82 Å². The molecule has 0 unspecified atom stereocenters. The first-order valence-electron chi connectivity index (χ1n) is 8.30. The van der Waals surface area contributed by atoms with E-state index in [4.69, 9.17) is 0 Å². The summed E-state index contributed by atoms with van der Waals surface area (Å²) in [4.78, 5) is 23.9. The van der Waals surface area contributed by atoms with Crippen molar-refractivity contribution in [2.24, 2.45) is 0 Å². The molecule has 1 amide bonds. The number of ketones is 1. The largest absolute Gasteiger partial charge is 0.325 e. The van der Waals surface area contributed by atoms with Crippen LogP contribution < -0.4 is 5.32 Å². The molecule has 0 aliphatic carbocycles. The average Bonchev–Trinajstić information content (AvgIpc) is 2.60. The summed E-state index contributed by atoms with van der Waals surface area (Å²) in [5.41, 5.74) is 3.38. The lowest BCUT2D eigenvalue weighted by atomic mass is 10.0. The third kappa shape index (κ3) is 4.92. The molecule has 0 bridgehead atoms. The Balaban J connectivity index is 2.06. The van der Waals surface area contributed by atoms with Gasteiger partial charge in [0, 0.05) is 16.1 Å². The van der Waals surface area contributed by atoms with Crippen LogP contribution in [0.5, 0.6) is 0 Å². The molecule has 0 spiro atoms. The van der Waals surface area contributed by atoms with Crippen LogP contribution in [0.2, 0.25) is 0 Å².